The summed E-state index contributed by atoms with van der Waals surface area (Å²) in [5.41, 5.74) is 2.30. The van der Waals surface area contributed by atoms with E-state index in [0.717, 1.165) is 49.4 Å². The van der Waals surface area contributed by atoms with Crippen LogP contribution < -0.4 is 19.9 Å². The van der Waals surface area contributed by atoms with Gasteiger partial charge in [0.25, 0.3) is 0 Å². The molecule has 1 aromatic carbocycles. The van der Waals surface area contributed by atoms with Gasteiger partial charge in [-0.2, -0.15) is 4.98 Å². The van der Waals surface area contributed by atoms with Crippen LogP contribution in [0.1, 0.15) is 5.56 Å². The molecule has 1 aliphatic rings. The number of para-hydroxylation sites is 2. The Morgan fingerprint density at radius 3 is 2.46 bits per heavy atom. The van der Waals surface area contributed by atoms with Gasteiger partial charge in [0.1, 0.15) is 11.6 Å². The molecule has 7 heteroatoms. The second-order valence-electron chi connectivity index (χ2n) is 6.60. The van der Waals surface area contributed by atoms with Crippen molar-refractivity contribution in [2.75, 3.05) is 48.4 Å². The van der Waals surface area contributed by atoms with Crippen LogP contribution in [-0.2, 0) is 6.54 Å². The van der Waals surface area contributed by atoms with E-state index in [0.29, 0.717) is 6.54 Å². The molecule has 3 aromatic rings. The minimum absolute atomic E-state index is 0.709. The van der Waals surface area contributed by atoms with E-state index in [1.54, 1.807) is 19.5 Å². The molecule has 0 saturated carbocycles. The summed E-state index contributed by atoms with van der Waals surface area (Å²) in [6.45, 7) is 4.25. The molecule has 1 fully saturated rings. The fourth-order valence-electron chi connectivity index (χ4n) is 3.33. The summed E-state index contributed by atoms with van der Waals surface area (Å²) in [6, 6.07) is 14.0. The van der Waals surface area contributed by atoms with Crippen LogP contribution >= 0.6 is 0 Å². The Bertz CT molecular complexity index is 896. The number of rotatable bonds is 6. The predicted octanol–water partition coefficient (Wildman–Crippen LogP) is 2.82. The SMILES string of the molecule is COc1ccccc1N1CCN(c2nccc(NCc3ccncc3)n2)CC1. The van der Waals surface area contributed by atoms with Gasteiger partial charge in [-0.1, -0.05) is 12.1 Å². The molecule has 0 atom stereocenters. The minimum atomic E-state index is 0.709. The molecule has 1 N–H and O–H groups in total. The lowest BCUT2D eigenvalue weighted by Gasteiger charge is -2.36. The van der Waals surface area contributed by atoms with Gasteiger partial charge >= 0.3 is 0 Å². The number of hydrogen-bond acceptors (Lipinski definition) is 7. The number of ether oxygens (including phenoxy) is 1. The lowest BCUT2D eigenvalue weighted by Crippen LogP contribution is -2.47. The number of nitrogens with zero attached hydrogens (tertiary/aromatic N) is 5. The maximum absolute atomic E-state index is 5.50. The Morgan fingerprint density at radius 2 is 1.68 bits per heavy atom. The Balaban J connectivity index is 1.38. The van der Waals surface area contributed by atoms with Crippen LogP contribution in [0.5, 0.6) is 5.75 Å². The van der Waals surface area contributed by atoms with Crippen molar-refractivity contribution in [1.29, 1.82) is 0 Å². The van der Waals surface area contributed by atoms with E-state index in [1.165, 1.54) is 5.56 Å². The van der Waals surface area contributed by atoms with E-state index in [9.17, 15) is 0 Å². The Kier molecular flexibility index (Phi) is 5.51. The molecule has 0 radical (unpaired) electrons. The Labute approximate surface area is 165 Å². The van der Waals surface area contributed by atoms with Crippen molar-refractivity contribution in [1.82, 2.24) is 15.0 Å². The topological polar surface area (TPSA) is 66.4 Å². The van der Waals surface area contributed by atoms with E-state index >= 15 is 0 Å². The van der Waals surface area contributed by atoms with E-state index in [-0.39, 0.29) is 0 Å². The number of methoxy groups -OCH3 is 1. The fourth-order valence-corrected chi connectivity index (χ4v) is 3.33. The number of nitrogens with one attached hydrogen (secondary N) is 1. The second-order valence-corrected chi connectivity index (χ2v) is 6.60. The fraction of sp³-hybridized carbons (Fsp3) is 0.286. The van der Waals surface area contributed by atoms with Crippen molar-refractivity contribution in [3.05, 3.63) is 66.6 Å². The molecule has 0 unspecified atom stereocenters. The van der Waals surface area contributed by atoms with Gasteiger partial charge in [0.2, 0.25) is 5.95 Å². The number of piperazine rings is 1. The molecule has 1 saturated heterocycles. The molecule has 28 heavy (non-hydrogen) atoms. The first-order valence-electron chi connectivity index (χ1n) is 9.42. The molecule has 0 amide bonds. The number of anilines is 3. The maximum atomic E-state index is 5.50. The van der Waals surface area contributed by atoms with Gasteiger partial charge in [0.05, 0.1) is 12.8 Å². The lowest BCUT2D eigenvalue weighted by atomic mass is 10.2. The largest absolute Gasteiger partial charge is 0.495 e. The first-order valence-corrected chi connectivity index (χ1v) is 9.42. The molecule has 3 heterocycles. The zero-order valence-corrected chi connectivity index (χ0v) is 16.0. The van der Waals surface area contributed by atoms with Gasteiger partial charge in [-0.15, -0.1) is 0 Å². The minimum Gasteiger partial charge on any atom is -0.495 e. The summed E-state index contributed by atoms with van der Waals surface area (Å²) >= 11 is 0. The molecule has 7 nitrogen and oxygen atoms in total. The lowest BCUT2D eigenvalue weighted by molar-refractivity contribution is 0.413. The number of hydrogen-bond donors (Lipinski definition) is 1. The summed E-state index contributed by atoms with van der Waals surface area (Å²) in [4.78, 5) is 17.8. The third-order valence-corrected chi connectivity index (χ3v) is 4.85. The van der Waals surface area contributed by atoms with Crippen molar-refractivity contribution in [3.63, 3.8) is 0 Å². The molecule has 0 aliphatic carbocycles. The molecule has 1 aliphatic heterocycles. The standard InChI is InChI=1S/C21H24N6O/c1-28-19-5-3-2-4-18(19)26-12-14-27(15-13-26)21-23-11-8-20(25-21)24-16-17-6-9-22-10-7-17/h2-11H,12-16H2,1H3,(H,23,24,25). The number of aromatic nitrogens is 3. The third-order valence-electron chi connectivity index (χ3n) is 4.85. The van der Waals surface area contributed by atoms with Gasteiger partial charge < -0.3 is 19.9 Å². The van der Waals surface area contributed by atoms with Crippen LogP contribution in [0.3, 0.4) is 0 Å². The van der Waals surface area contributed by atoms with Crippen molar-refractivity contribution < 1.29 is 4.74 Å². The zero-order chi connectivity index (χ0) is 19.2. The number of benzene rings is 1. The summed E-state index contributed by atoms with van der Waals surface area (Å²) < 4.78 is 5.50. The molecular formula is C21H24N6O. The van der Waals surface area contributed by atoms with Crippen LogP contribution in [-0.4, -0.2) is 48.2 Å². The molecular weight excluding hydrogens is 352 g/mol. The predicted molar refractivity (Wildman–Crippen MR) is 111 cm³/mol. The summed E-state index contributed by atoms with van der Waals surface area (Å²) in [6.07, 6.45) is 5.40. The first-order chi connectivity index (χ1) is 13.8. The van der Waals surface area contributed by atoms with Gasteiger partial charge in [-0.25, -0.2) is 4.98 Å². The zero-order valence-electron chi connectivity index (χ0n) is 16.0. The van der Waals surface area contributed by atoms with Crippen LogP contribution in [0, 0.1) is 0 Å². The van der Waals surface area contributed by atoms with Crippen LogP contribution in [0.4, 0.5) is 17.5 Å². The summed E-state index contributed by atoms with van der Waals surface area (Å²) in [5, 5.41) is 3.36. The van der Waals surface area contributed by atoms with Crippen LogP contribution in [0.15, 0.2) is 61.1 Å². The number of pyridine rings is 1. The monoisotopic (exact) mass is 376 g/mol. The van der Waals surface area contributed by atoms with E-state index < -0.39 is 0 Å². The van der Waals surface area contributed by atoms with Crippen LogP contribution in [0.25, 0.3) is 0 Å². The third kappa shape index (κ3) is 4.14. The van der Waals surface area contributed by atoms with Crippen molar-refractivity contribution in [2.45, 2.75) is 6.54 Å². The highest BCUT2D eigenvalue weighted by atomic mass is 16.5. The van der Waals surface area contributed by atoms with Gasteiger partial charge in [-0.3, -0.25) is 4.98 Å². The summed E-state index contributed by atoms with van der Waals surface area (Å²) in [5.74, 6) is 2.50. The van der Waals surface area contributed by atoms with Crippen LogP contribution in [0.2, 0.25) is 0 Å². The summed E-state index contributed by atoms with van der Waals surface area (Å²) in [7, 11) is 1.72. The average molecular weight is 376 g/mol. The molecule has 2 aromatic heterocycles. The first kappa shape index (κ1) is 18.0. The Hall–Kier alpha value is -3.35. The molecule has 4 rings (SSSR count). The highest BCUT2D eigenvalue weighted by molar-refractivity contribution is 5.59. The highest BCUT2D eigenvalue weighted by Gasteiger charge is 2.21. The van der Waals surface area contributed by atoms with Crippen molar-refractivity contribution in [3.8, 4) is 5.75 Å². The van der Waals surface area contributed by atoms with Crippen molar-refractivity contribution in [2.24, 2.45) is 0 Å². The van der Waals surface area contributed by atoms with Gasteiger partial charge in [-0.05, 0) is 35.9 Å². The average Bonchev–Trinajstić information content (AvgIpc) is 2.79. The highest BCUT2D eigenvalue weighted by Crippen LogP contribution is 2.28. The quantitative estimate of drug-likeness (QED) is 0.709. The Morgan fingerprint density at radius 1 is 0.929 bits per heavy atom. The van der Waals surface area contributed by atoms with Crippen molar-refractivity contribution >= 4 is 17.5 Å². The second kappa shape index (κ2) is 8.56. The van der Waals surface area contributed by atoms with Gasteiger partial charge in [0, 0.05) is 51.3 Å². The molecule has 144 valence electrons. The van der Waals surface area contributed by atoms with Gasteiger partial charge in [0.15, 0.2) is 0 Å². The van der Waals surface area contributed by atoms with E-state index in [4.69, 9.17) is 4.74 Å². The van der Waals surface area contributed by atoms with E-state index in [2.05, 4.69) is 36.1 Å². The molecule has 0 bridgehead atoms. The normalized spacial score (nSPS) is 14.0. The maximum Gasteiger partial charge on any atom is 0.227 e. The van der Waals surface area contributed by atoms with E-state index in [1.807, 2.05) is 42.6 Å². The smallest absolute Gasteiger partial charge is 0.227 e. The molecule has 0 spiro atoms.